The molecule has 1 aromatic carbocycles. The number of benzene rings is 1. The molecular formula is C12H14FN3O2. The minimum atomic E-state index is -0.707. The molecule has 0 aliphatic rings. The van der Waals surface area contributed by atoms with Gasteiger partial charge in [0, 0.05) is 12.8 Å². The first-order chi connectivity index (χ1) is 8.45. The smallest absolute Gasteiger partial charge is 0.263 e. The molecule has 0 aliphatic heterocycles. The van der Waals surface area contributed by atoms with Crippen LogP contribution in [0.15, 0.2) is 22.7 Å². The highest BCUT2D eigenvalue weighted by Crippen LogP contribution is 2.29. The lowest BCUT2D eigenvalue weighted by molar-refractivity contribution is 0.00973. The first-order valence-corrected chi connectivity index (χ1v) is 5.39. The van der Waals surface area contributed by atoms with E-state index in [1.54, 1.807) is 19.9 Å². The lowest BCUT2D eigenvalue weighted by Gasteiger charge is -2.17. The Bertz CT molecular complexity index is 546. The van der Waals surface area contributed by atoms with Crippen LogP contribution in [-0.4, -0.2) is 17.3 Å². The topological polar surface area (TPSA) is 74.2 Å². The number of ether oxygens (including phenoxy) is 1. The second-order valence-electron chi connectivity index (χ2n) is 4.34. The van der Waals surface area contributed by atoms with Crippen LogP contribution in [-0.2, 0) is 10.3 Å². The van der Waals surface area contributed by atoms with Crippen LogP contribution in [0.3, 0.4) is 0 Å². The molecule has 0 spiro atoms. The van der Waals surface area contributed by atoms with E-state index in [1.807, 2.05) is 0 Å². The van der Waals surface area contributed by atoms with E-state index in [2.05, 4.69) is 10.1 Å². The van der Waals surface area contributed by atoms with Crippen LogP contribution in [0.5, 0.6) is 0 Å². The van der Waals surface area contributed by atoms with Crippen molar-refractivity contribution in [2.75, 3.05) is 12.8 Å². The van der Waals surface area contributed by atoms with Gasteiger partial charge in [-0.05, 0) is 26.0 Å². The monoisotopic (exact) mass is 251 g/mol. The van der Waals surface area contributed by atoms with Gasteiger partial charge in [0.15, 0.2) is 0 Å². The third-order valence-electron chi connectivity index (χ3n) is 2.73. The fourth-order valence-electron chi connectivity index (χ4n) is 1.43. The molecule has 0 atom stereocenters. The Morgan fingerprint density at radius 3 is 2.72 bits per heavy atom. The van der Waals surface area contributed by atoms with Crippen LogP contribution >= 0.6 is 0 Å². The van der Waals surface area contributed by atoms with E-state index >= 15 is 0 Å². The molecule has 2 N–H and O–H groups in total. The first kappa shape index (κ1) is 12.5. The van der Waals surface area contributed by atoms with Crippen LogP contribution in [0.1, 0.15) is 19.7 Å². The number of halogens is 1. The Labute approximate surface area is 104 Å². The third-order valence-corrected chi connectivity index (χ3v) is 2.73. The molecule has 0 fully saturated rings. The summed E-state index contributed by atoms with van der Waals surface area (Å²) in [4.78, 5) is 4.12. The zero-order valence-corrected chi connectivity index (χ0v) is 10.4. The van der Waals surface area contributed by atoms with Gasteiger partial charge < -0.3 is 15.0 Å². The van der Waals surface area contributed by atoms with E-state index < -0.39 is 11.4 Å². The summed E-state index contributed by atoms with van der Waals surface area (Å²) in [5, 5.41) is 3.78. The van der Waals surface area contributed by atoms with Crippen molar-refractivity contribution in [1.82, 2.24) is 10.1 Å². The quantitative estimate of drug-likeness (QED) is 0.847. The Kier molecular flexibility index (Phi) is 3.04. The Hall–Kier alpha value is -1.95. The van der Waals surface area contributed by atoms with Crippen molar-refractivity contribution in [2.24, 2.45) is 0 Å². The summed E-state index contributed by atoms with van der Waals surface area (Å²) in [6.07, 6.45) is 0. The van der Waals surface area contributed by atoms with Gasteiger partial charge >= 0.3 is 0 Å². The Balaban J connectivity index is 2.48. The fourth-order valence-corrected chi connectivity index (χ4v) is 1.43. The van der Waals surface area contributed by atoms with Crippen molar-refractivity contribution < 1.29 is 13.7 Å². The molecule has 2 aromatic rings. The molecular weight excluding hydrogens is 237 g/mol. The molecule has 96 valence electrons. The second-order valence-corrected chi connectivity index (χ2v) is 4.34. The summed E-state index contributed by atoms with van der Waals surface area (Å²) < 4.78 is 23.9. The van der Waals surface area contributed by atoms with Crippen molar-refractivity contribution in [3.05, 3.63) is 29.8 Å². The van der Waals surface area contributed by atoms with Crippen LogP contribution < -0.4 is 5.73 Å². The average molecular weight is 251 g/mol. The fraction of sp³-hybridized carbons (Fsp3) is 0.333. The van der Waals surface area contributed by atoms with Crippen molar-refractivity contribution in [3.8, 4) is 11.5 Å². The molecule has 1 heterocycles. The predicted molar refractivity (Wildman–Crippen MR) is 64.1 cm³/mol. The molecule has 18 heavy (non-hydrogen) atoms. The number of nitrogens with zero attached hydrogens (tertiary/aromatic N) is 2. The third kappa shape index (κ3) is 2.06. The molecule has 0 saturated carbocycles. The van der Waals surface area contributed by atoms with E-state index in [-0.39, 0.29) is 17.1 Å². The summed E-state index contributed by atoms with van der Waals surface area (Å²) in [6, 6.07) is 4.38. The van der Waals surface area contributed by atoms with Crippen LogP contribution in [0.4, 0.5) is 10.1 Å². The van der Waals surface area contributed by atoms with Gasteiger partial charge in [-0.15, -0.1) is 0 Å². The average Bonchev–Trinajstić information content (AvgIpc) is 2.79. The Morgan fingerprint density at radius 1 is 1.39 bits per heavy atom. The van der Waals surface area contributed by atoms with Gasteiger partial charge in [0.2, 0.25) is 5.82 Å². The van der Waals surface area contributed by atoms with Crippen LogP contribution in [0.2, 0.25) is 0 Å². The zero-order chi connectivity index (χ0) is 13.3. The van der Waals surface area contributed by atoms with E-state index in [0.29, 0.717) is 5.82 Å². The number of anilines is 1. The number of methoxy groups -OCH3 is 1. The molecule has 6 heteroatoms. The van der Waals surface area contributed by atoms with Gasteiger partial charge in [0.1, 0.15) is 11.4 Å². The summed E-state index contributed by atoms with van der Waals surface area (Å²) in [7, 11) is 1.54. The van der Waals surface area contributed by atoms with Gasteiger partial charge in [-0.1, -0.05) is 11.2 Å². The van der Waals surface area contributed by atoms with Crippen molar-refractivity contribution in [1.29, 1.82) is 0 Å². The van der Waals surface area contributed by atoms with E-state index in [9.17, 15) is 4.39 Å². The standard InChI is InChI=1S/C12H14FN3O2/c1-12(2,17-3)11-15-10(18-16-11)9-7(13)5-4-6-8(9)14/h4-6H,14H2,1-3H3. The summed E-state index contributed by atoms with van der Waals surface area (Å²) in [5.41, 5.74) is 5.36. The number of nitrogens with two attached hydrogens (primary N) is 1. The molecule has 0 aliphatic carbocycles. The maximum absolute atomic E-state index is 13.7. The lowest BCUT2D eigenvalue weighted by atomic mass is 10.1. The molecule has 1 aromatic heterocycles. The van der Waals surface area contributed by atoms with Gasteiger partial charge in [0.05, 0.1) is 5.56 Å². The minimum Gasteiger partial charge on any atom is -0.398 e. The van der Waals surface area contributed by atoms with Gasteiger partial charge in [-0.25, -0.2) is 4.39 Å². The molecule has 2 rings (SSSR count). The largest absolute Gasteiger partial charge is 0.398 e. The van der Waals surface area contributed by atoms with E-state index in [0.717, 1.165) is 0 Å². The van der Waals surface area contributed by atoms with Crippen molar-refractivity contribution in [3.63, 3.8) is 0 Å². The van der Waals surface area contributed by atoms with Crippen molar-refractivity contribution >= 4 is 5.69 Å². The lowest BCUT2D eigenvalue weighted by Crippen LogP contribution is -2.21. The number of hydrogen-bond donors (Lipinski definition) is 1. The normalized spacial score (nSPS) is 11.8. The predicted octanol–water partition coefficient (Wildman–Crippen LogP) is 2.34. The molecule has 0 radical (unpaired) electrons. The highest BCUT2D eigenvalue weighted by Gasteiger charge is 2.27. The highest BCUT2D eigenvalue weighted by atomic mass is 19.1. The maximum atomic E-state index is 13.7. The van der Waals surface area contributed by atoms with E-state index in [1.165, 1.54) is 19.2 Å². The summed E-state index contributed by atoms with van der Waals surface area (Å²) in [6.45, 7) is 3.57. The summed E-state index contributed by atoms with van der Waals surface area (Å²) in [5.74, 6) is -0.117. The number of nitrogen functional groups attached to an aromatic ring is 1. The van der Waals surface area contributed by atoms with Gasteiger partial charge in [-0.3, -0.25) is 0 Å². The molecule has 0 amide bonds. The first-order valence-electron chi connectivity index (χ1n) is 5.39. The van der Waals surface area contributed by atoms with Crippen LogP contribution in [0.25, 0.3) is 11.5 Å². The molecule has 0 bridgehead atoms. The van der Waals surface area contributed by atoms with Crippen molar-refractivity contribution in [2.45, 2.75) is 19.4 Å². The minimum absolute atomic E-state index is 0.0470. The van der Waals surface area contributed by atoms with E-state index in [4.69, 9.17) is 15.0 Å². The summed E-state index contributed by atoms with van der Waals surface area (Å²) >= 11 is 0. The zero-order valence-electron chi connectivity index (χ0n) is 10.4. The van der Waals surface area contributed by atoms with Gasteiger partial charge in [-0.2, -0.15) is 4.98 Å². The second kappa shape index (κ2) is 4.38. The maximum Gasteiger partial charge on any atom is 0.263 e. The number of rotatable bonds is 3. The number of hydrogen-bond acceptors (Lipinski definition) is 5. The molecule has 0 saturated heterocycles. The SMILES string of the molecule is COC(C)(C)c1noc(-c2c(N)cccc2F)n1. The molecule has 0 unspecified atom stereocenters. The van der Waals surface area contributed by atoms with Gasteiger partial charge in [0.25, 0.3) is 5.89 Å². The molecule has 5 nitrogen and oxygen atoms in total. The highest BCUT2D eigenvalue weighted by molar-refractivity contribution is 5.70. The Morgan fingerprint density at radius 2 is 2.11 bits per heavy atom. The van der Waals surface area contributed by atoms with Crippen LogP contribution in [0, 0.1) is 5.82 Å². The number of aromatic nitrogens is 2.